The Morgan fingerprint density at radius 3 is 2.73 bits per heavy atom. The summed E-state index contributed by atoms with van der Waals surface area (Å²) in [5.41, 5.74) is -0.128. The van der Waals surface area contributed by atoms with Crippen LogP contribution in [0.4, 0.5) is 0 Å². The normalized spacial score (nSPS) is 21.9. The second-order valence-corrected chi connectivity index (χ2v) is 5.19. The monoisotopic (exact) mass is 212 g/mol. The Balaban J connectivity index is 2.16. The van der Waals surface area contributed by atoms with Crippen molar-refractivity contribution in [2.45, 2.75) is 65.4 Å². The van der Waals surface area contributed by atoms with Crippen molar-refractivity contribution in [1.29, 1.82) is 0 Å². The fourth-order valence-corrected chi connectivity index (χ4v) is 1.90. The zero-order valence-corrected chi connectivity index (χ0v) is 10.3. The maximum Gasteiger partial charge on any atom is 0.138 e. The van der Waals surface area contributed by atoms with Crippen molar-refractivity contribution in [2.75, 3.05) is 6.61 Å². The van der Waals surface area contributed by atoms with Crippen molar-refractivity contribution in [3.05, 3.63) is 0 Å². The van der Waals surface area contributed by atoms with Gasteiger partial charge >= 0.3 is 0 Å². The largest absolute Gasteiger partial charge is 0.378 e. The van der Waals surface area contributed by atoms with E-state index in [2.05, 4.69) is 6.92 Å². The molecule has 0 spiro atoms. The van der Waals surface area contributed by atoms with Crippen LogP contribution >= 0.6 is 0 Å². The lowest BCUT2D eigenvalue weighted by Crippen LogP contribution is -2.23. The summed E-state index contributed by atoms with van der Waals surface area (Å²) in [7, 11) is 0. The molecule has 1 aliphatic heterocycles. The van der Waals surface area contributed by atoms with Gasteiger partial charge in [-0.05, 0) is 32.1 Å². The first kappa shape index (κ1) is 12.7. The molecule has 0 radical (unpaired) electrons. The van der Waals surface area contributed by atoms with E-state index in [0.717, 1.165) is 32.3 Å². The average molecular weight is 212 g/mol. The predicted octanol–water partition coefficient (Wildman–Crippen LogP) is 3.34. The summed E-state index contributed by atoms with van der Waals surface area (Å²) in [5, 5.41) is 0. The first-order chi connectivity index (χ1) is 7.06. The predicted molar refractivity (Wildman–Crippen MR) is 61.9 cm³/mol. The Morgan fingerprint density at radius 2 is 2.20 bits per heavy atom. The third-order valence-electron chi connectivity index (χ3n) is 3.59. The molecular weight excluding hydrogens is 188 g/mol. The number of carbonyl (C=O) groups excluding carboxylic acids is 1. The fraction of sp³-hybridized carbons (Fsp3) is 0.923. The van der Waals surface area contributed by atoms with Crippen molar-refractivity contribution in [2.24, 2.45) is 5.41 Å². The number of Topliss-reactive ketones (excluding diaryl/α,β-unsaturated/α-hetero) is 1. The SMILES string of the molecule is CCC(C)(C)C(=O)CCCC1CCCO1. The minimum absolute atomic E-state index is 0.128. The van der Waals surface area contributed by atoms with Crippen molar-refractivity contribution in [3.8, 4) is 0 Å². The molecule has 0 bridgehead atoms. The highest BCUT2D eigenvalue weighted by atomic mass is 16.5. The van der Waals surface area contributed by atoms with Crippen LogP contribution in [0.1, 0.15) is 59.3 Å². The zero-order valence-electron chi connectivity index (χ0n) is 10.3. The Labute approximate surface area is 93.4 Å². The first-order valence-electron chi connectivity index (χ1n) is 6.21. The molecule has 15 heavy (non-hydrogen) atoms. The van der Waals surface area contributed by atoms with Gasteiger partial charge in [-0.25, -0.2) is 0 Å². The minimum atomic E-state index is -0.128. The van der Waals surface area contributed by atoms with Gasteiger partial charge in [0.15, 0.2) is 0 Å². The number of ketones is 1. The van der Waals surface area contributed by atoms with Gasteiger partial charge in [-0.3, -0.25) is 4.79 Å². The summed E-state index contributed by atoms with van der Waals surface area (Å²) >= 11 is 0. The van der Waals surface area contributed by atoms with Gasteiger partial charge in [-0.1, -0.05) is 20.8 Å². The number of rotatable bonds is 6. The van der Waals surface area contributed by atoms with Gasteiger partial charge in [0, 0.05) is 18.4 Å². The highest BCUT2D eigenvalue weighted by Gasteiger charge is 2.24. The van der Waals surface area contributed by atoms with Crippen LogP contribution in [0.5, 0.6) is 0 Å². The zero-order chi connectivity index (χ0) is 11.3. The maximum atomic E-state index is 11.8. The molecule has 2 nitrogen and oxygen atoms in total. The van der Waals surface area contributed by atoms with Gasteiger partial charge in [0.25, 0.3) is 0 Å². The van der Waals surface area contributed by atoms with Crippen molar-refractivity contribution in [3.63, 3.8) is 0 Å². The third-order valence-corrected chi connectivity index (χ3v) is 3.59. The molecule has 0 aromatic heterocycles. The summed E-state index contributed by atoms with van der Waals surface area (Å²) in [4.78, 5) is 11.8. The summed E-state index contributed by atoms with van der Waals surface area (Å²) in [5.74, 6) is 0.406. The van der Waals surface area contributed by atoms with Gasteiger partial charge in [0.1, 0.15) is 5.78 Å². The van der Waals surface area contributed by atoms with E-state index in [1.165, 1.54) is 12.8 Å². The topological polar surface area (TPSA) is 26.3 Å². The molecule has 2 heteroatoms. The van der Waals surface area contributed by atoms with Gasteiger partial charge in [0.05, 0.1) is 6.10 Å². The summed E-state index contributed by atoms with van der Waals surface area (Å²) in [6.07, 6.45) is 6.53. The Bertz CT molecular complexity index is 203. The molecule has 1 rings (SSSR count). The standard InChI is InChI=1S/C13H24O2/c1-4-13(2,3)12(14)9-5-7-11-8-6-10-15-11/h11H,4-10H2,1-3H3. The lowest BCUT2D eigenvalue weighted by Gasteiger charge is -2.21. The van der Waals surface area contributed by atoms with E-state index in [-0.39, 0.29) is 5.41 Å². The van der Waals surface area contributed by atoms with Crippen LogP contribution in [0.25, 0.3) is 0 Å². The van der Waals surface area contributed by atoms with E-state index in [1.807, 2.05) is 13.8 Å². The van der Waals surface area contributed by atoms with Crippen molar-refractivity contribution >= 4 is 5.78 Å². The molecule has 1 fully saturated rings. The van der Waals surface area contributed by atoms with Crippen LogP contribution in [0.3, 0.4) is 0 Å². The molecule has 1 unspecified atom stereocenters. The van der Waals surface area contributed by atoms with E-state index in [0.29, 0.717) is 11.9 Å². The van der Waals surface area contributed by atoms with E-state index in [1.54, 1.807) is 0 Å². The van der Waals surface area contributed by atoms with E-state index >= 15 is 0 Å². The summed E-state index contributed by atoms with van der Waals surface area (Å²) < 4.78 is 5.54. The fourth-order valence-electron chi connectivity index (χ4n) is 1.90. The molecule has 0 aromatic carbocycles. The smallest absolute Gasteiger partial charge is 0.138 e. The van der Waals surface area contributed by atoms with Crippen LogP contribution < -0.4 is 0 Å². The number of hydrogen-bond donors (Lipinski definition) is 0. The van der Waals surface area contributed by atoms with Crippen molar-refractivity contribution < 1.29 is 9.53 Å². The molecule has 1 saturated heterocycles. The van der Waals surface area contributed by atoms with Gasteiger partial charge in [-0.15, -0.1) is 0 Å². The lowest BCUT2D eigenvalue weighted by molar-refractivity contribution is -0.127. The number of ether oxygens (including phenoxy) is 1. The summed E-state index contributed by atoms with van der Waals surface area (Å²) in [6.45, 7) is 7.08. The molecule has 1 aliphatic rings. The van der Waals surface area contributed by atoms with Crippen LogP contribution in [0.15, 0.2) is 0 Å². The van der Waals surface area contributed by atoms with Gasteiger partial charge in [-0.2, -0.15) is 0 Å². The van der Waals surface area contributed by atoms with Crippen LogP contribution in [-0.4, -0.2) is 18.5 Å². The van der Waals surface area contributed by atoms with E-state index in [4.69, 9.17) is 4.74 Å². The van der Waals surface area contributed by atoms with Gasteiger partial charge < -0.3 is 4.74 Å². The quantitative estimate of drug-likeness (QED) is 0.675. The molecule has 1 heterocycles. The highest BCUT2D eigenvalue weighted by molar-refractivity contribution is 5.83. The van der Waals surface area contributed by atoms with Gasteiger partial charge in [0.2, 0.25) is 0 Å². The Morgan fingerprint density at radius 1 is 1.47 bits per heavy atom. The molecule has 0 N–H and O–H groups in total. The Kier molecular flexibility index (Phi) is 4.78. The van der Waals surface area contributed by atoms with E-state index < -0.39 is 0 Å². The second-order valence-electron chi connectivity index (χ2n) is 5.19. The highest BCUT2D eigenvalue weighted by Crippen LogP contribution is 2.25. The van der Waals surface area contributed by atoms with Crippen LogP contribution in [-0.2, 0) is 9.53 Å². The van der Waals surface area contributed by atoms with Crippen LogP contribution in [0.2, 0.25) is 0 Å². The summed E-state index contributed by atoms with van der Waals surface area (Å²) in [6, 6.07) is 0. The second kappa shape index (κ2) is 5.64. The first-order valence-corrected chi connectivity index (χ1v) is 6.21. The molecule has 0 saturated carbocycles. The maximum absolute atomic E-state index is 11.8. The molecule has 88 valence electrons. The van der Waals surface area contributed by atoms with E-state index in [9.17, 15) is 4.79 Å². The number of hydrogen-bond acceptors (Lipinski definition) is 2. The molecule has 0 amide bonds. The number of carbonyl (C=O) groups is 1. The lowest BCUT2D eigenvalue weighted by atomic mass is 9.83. The van der Waals surface area contributed by atoms with Crippen molar-refractivity contribution in [1.82, 2.24) is 0 Å². The minimum Gasteiger partial charge on any atom is -0.378 e. The molecular formula is C13H24O2. The third kappa shape index (κ3) is 3.94. The molecule has 0 aromatic rings. The average Bonchev–Trinajstić information content (AvgIpc) is 2.70. The van der Waals surface area contributed by atoms with Crippen LogP contribution in [0, 0.1) is 5.41 Å². The Hall–Kier alpha value is -0.370. The molecule has 0 aliphatic carbocycles. The molecule has 1 atom stereocenters.